The Morgan fingerprint density at radius 3 is 2.46 bits per heavy atom. The van der Waals surface area contributed by atoms with Crippen molar-refractivity contribution in [3.8, 4) is 0 Å². The van der Waals surface area contributed by atoms with E-state index in [9.17, 15) is 9.90 Å². The van der Waals surface area contributed by atoms with Gasteiger partial charge in [0.2, 0.25) is 0 Å². The molecule has 0 bridgehead atoms. The van der Waals surface area contributed by atoms with Crippen molar-refractivity contribution >= 4 is 22.3 Å². The van der Waals surface area contributed by atoms with Crippen LogP contribution in [0, 0.1) is 0 Å². The van der Waals surface area contributed by atoms with Gasteiger partial charge in [0.05, 0.1) is 0 Å². The van der Waals surface area contributed by atoms with Gasteiger partial charge < -0.3 is 0 Å². The van der Waals surface area contributed by atoms with Crippen LogP contribution in [0.2, 0.25) is 0 Å². The number of hydrogen-bond donors (Lipinski definition) is 0. The Kier molecular flexibility index (Phi) is 7.52. The molecule has 0 aliphatic rings. The van der Waals surface area contributed by atoms with Crippen LogP contribution in [0.4, 0.5) is 0 Å². The van der Waals surface area contributed by atoms with E-state index in [1.54, 1.807) is 13.0 Å². The van der Waals surface area contributed by atoms with E-state index in [0.29, 0.717) is 16.5 Å². The van der Waals surface area contributed by atoms with Crippen LogP contribution in [0.3, 0.4) is 0 Å². The van der Waals surface area contributed by atoms with Crippen LogP contribution in [0.1, 0.15) is 13.8 Å². The normalized spacial score (nSPS) is 15.4. The van der Waals surface area contributed by atoms with E-state index >= 15 is 0 Å². The molecule has 0 saturated carbocycles. The van der Waals surface area contributed by atoms with Crippen LogP contribution in [-0.4, -0.2) is 26.7 Å². The summed E-state index contributed by atoms with van der Waals surface area (Å²) >= 11 is 0.294. The third-order valence-electron chi connectivity index (χ3n) is 1.18. The Labute approximate surface area is 98.6 Å². The van der Waals surface area contributed by atoms with Crippen LogP contribution in [0.15, 0.2) is 24.7 Å². The molecule has 0 amide bonds. The summed E-state index contributed by atoms with van der Waals surface area (Å²) in [6.07, 6.45) is 2.52. The summed E-state index contributed by atoms with van der Waals surface area (Å²) in [6, 6.07) is 0. The van der Waals surface area contributed by atoms with Gasteiger partial charge in [-0.15, -0.1) is 0 Å². The smallest absolute Gasteiger partial charge is 1.00 e. The molecule has 5 heteroatoms. The monoisotopic (exact) mass is 238 g/mol. The summed E-state index contributed by atoms with van der Waals surface area (Å²) in [4.78, 5) is 10.5. The van der Waals surface area contributed by atoms with Gasteiger partial charge in [0.15, 0.2) is 0 Å². The quantitative estimate of drug-likeness (QED) is 0.217. The van der Waals surface area contributed by atoms with E-state index in [1.165, 1.54) is 6.92 Å². The summed E-state index contributed by atoms with van der Waals surface area (Å²) in [6.45, 7) is 6.61. The number of ether oxygens (including phenoxy) is 1. The van der Waals surface area contributed by atoms with Gasteiger partial charge in [-0.2, -0.15) is 0 Å². The first-order chi connectivity index (χ1) is 5.37. The molecule has 0 aromatic rings. The van der Waals surface area contributed by atoms with E-state index in [0.717, 1.165) is 6.08 Å². The Balaban J connectivity index is 0. The maximum atomic E-state index is 10.9. The van der Waals surface area contributed by atoms with Gasteiger partial charge >= 0.3 is 98.8 Å². The summed E-state index contributed by atoms with van der Waals surface area (Å²) < 4.78 is 4.42. The van der Waals surface area contributed by atoms with E-state index in [1.807, 2.05) is 0 Å². The number of allylic oxidation sites excluding steroid dienone is 1. The second-order valence-corrected chi connectivity index (χ2v) is 7.15. The molecule has 0 rings (SSSR count). The van der Waals surface area contributed by atoms with Crippen molar-refractivity contribution in [2.45, 2.75) is 18.3 Å². The molecule has 0 aliphatic heterocycles. The van der Waals surface area contributed by atoms with Gasteiger partial charge in [0.25, 0.3) is 0 Å². The van der Waals surface area contributed by atoms with Crippen LogP contribution in [0.25, 0.3) is 0 Å². The molecule has 0 saturated heterocycles. The zero-order valence-corrected chi connectivity index (χ0v) is 12.8. The Morgan fingerprint density at radius 1 is 1.69 bits per heavy atom. The molecule has 0 N–H and O–H groups in total. The summed E-state index contributed by atoms with van der Waals surface area (Å²) in [5.41, 5.74) is 0. The minimum Gasteiger partial charge on any atom is 1.00 e. The second kappa shape index (κ2) is 6.36. The van der Waals surface area contributed by atoms with Crippen molar-refractivity contribution in [2.75, 3.05) is 0 Å². The van der Waals surface area contributed by atoms with Crippen molar-refractivity contribution in [1.82, 2.24) is 0 Å². The first-order valence-electron chi connectivity index (χ1n) is 3.59. The molecule has 1 unspecified atom stereocenters. The molecule has 0 spiro atoms. The molecular weight excluding hydrogens is 224 g/mol. The average molecular weight is 237 g/mol. The Hall–Kier alpha value is -0.110. The Bertz CT molecular complexity index is 223. The number of rotatable bonds is 4. The molecule has 0 aromatic carbocycles. The summed E-state index contributed by atoms with van der Waals surface area (Å²) in [7, 11) is 0. The largest absolute Gasteiger partial charge is 1.00 e. The number of ketones is 1. The minimum absolute atomic E-state index is 0. The molecule has 1 atom stereocenters. The van der Waals surface area contributed by atoms with Crippen molar-refractivity contribution in [3.05, 3.63) is 24.7 Å². The van der Waals surface area contributed by atoms with Crippen molar-refractivity contribution in [2.24, 2.45) is 0 Å². The third kappa shape index (κ3) is 8.23. The van der Waals surface area contributed by atoms with Crippen molar-refractivity contribution in [3.63, 3.8) is 0 Å². The standard InChI is InChI=1S/C8H14GeO3.Li/c1-4-8(3,9)12-7(11)5-6(2)10;/h4-5,11H,1H2,2-3,9H3;/q;+1/p-1/b7-5-;. The van der Waals surface area contributed by atoms with E-state index in [2.05, 4.69) is 6.58 Å². The first kappa shape index (κ1) is 15.4. The summed E-state index contributed by atoms with van der Waals surface area (Å²) in [5, 5.41) is 10.9. The molecule has 68 valence electrons. The third-order valence-corrected chi connectivity index (χ3v) is 2.46. The molecule has 0 aliphatic carbocycles. The molecule has 3 nitrogen and oxygen atoms in total. The zero-order valence-electron chi connectivity index (χ0n) is 8.59. The topological polar surface area (TPSA) is 49.4 Å². The predicted octanol–water partition coefficient (Wildman–Crippen LogP) is -3.93. The zero-order chi connectivity index (χ0) is 9.78. The van der Waals surface area contributed by atoms with Crippen LogP contribution in [-0.2, 0) is 9.53 Å². The maximum Gasteiger partial charge on any atom is 1.00 e. The van der Waals surface area contributed by atoms with E-state index in [4.69, 9.17) is 4.74 Å². The minimum atomic E-state index is -0.585. The fourth-order valence-electron chi connectivity index (χ4n) is 0.496. The number of hydrogen-bond acceptors (Lipinski definition) is 3. The maximum absolute atomic E-state index is 10.9. The van der Waals surface area contributed by atoms with E-state index < -0.39 is 10.4 Å². The summed E-state index contributed by atoms with van der Waals surface area (Å²) in [5.74, 6) is -0.884. The number of carbonyl (C=O) groups is 1. The second-order valence-electron chi connectivity index (χ2n) is 2.98. The van der Waals surface area contributed by atoms with Gasteiger partial charge in [-0.1, -0.05) is 0 Å². The van der Waals surface area contributed by atoms with Crippen molar-refractivity contribution < 1.29 is 33.5 Å². The molecule has 13 heavy (non-hydrogen) atoms. The molecular formula is C8H13GeLiO3. The molecule has 0 heterocycles. The van der Waals surface area contributed by atoms with Crippen LogP contribution >= 0.6 is 0 Å². The molecule has 0 aromatic heterocycles. The first-order valence-corrected chi connectivity index (χ1v) is 5.69. The molecule has 0 fully saturated rings. The van der Waals surface area contributed by atoms with Crippen LogP contribution < -0.4 is 24.0 Å². The molecule has 0 radical (unpaired) electrons. The van der Waals surface area contributed by atoms with Gasteiger partial charge in [-0.05, 0) is 0 Å². The van der Waals surface area contributed by atoms with Gasteiger partial charge in [-0.25, -0.2) is 0 Å². The van der Waals surface area contributed by atoms with Crippen molar-refractivity contribution in [1.29, 1.82) is 0 Å². The average Bonchev–Trinajstić information content (AvgIpc) is 1.84. The fraction of sp³-hybridized carbons (Fsp3) is 0.375. The number of carbonyl (C=O) groups excluding carboxylic acids is 1. The SMILES string of the molecule is C=C[C](C)([GeH3])O/C([O-])=C\C(C)=O.[Li+]. The van der Waals surface area contributed by atoms with Crippen LogP contribution in [0.5, 0.6) is 0 Å². The predicted molar refractivity (Wildman–Crippen MR) is 48.4 cm³/mol. The van der Waals surface area contributed by atoms with Gasteiger partial charge in [-0.3, -0.25) is 0 Å². The van der Waals surface area contributed by atoms with E-state index in [-0.39, 0.29) is 24.6 Å². The van der Waals surface area contributed by atoms with Gasteiger partial charge in [0.1, 0.15) is 0 Å². The fourth-order valence-corrected chi connectivity index (χ4v) is 0.918. The van der Waals surface area contributed by atoms with Gasteiger partial charge in [0, 0.05) is 0 Å². The Morgan fingerprint density at radius 2 is 2.15 bits per heavy atom.